The van der Waals surface area contributed by atoms with Crippen molar-refractivity contribution in [1.82, 2.24) is 4.90 Å². The van der Waals surface area contributed by atoms with Crippen molar-refractivity contribution < 1.29 is 5.21 Å². The van der Waals surface area contributed by atoms with E-state index in [2.05, 4.69) is 30.3 Å². The maximum absolute atomic E-state index is 8.66. The van der Waals surface area contributed by atoms with Gasteiger partial charge < -0.3 is 10.9 Å². The zero-order chi connectivity index (χ0) is 15.1. The van der Waals surface area contributed by atoms with Gasteiger partial charge in [-0.05, 0) is 44.0 Å². The molecule has 0 aliphatic heterocycles. The third kappa shape index (κ3) is 4.89. The zero-order valence-corrected chi connectivity index (χ0v) is 13.7. The number of thioether (sulfide) groups is 1. The highest BCUT2D eigenvalue weighted by atomic mass is 35.5. The van der Waals surface area contributed by atoms with Gasteiger partial charge in [-0.3, -0.25) is 4.90 Å². The van der Waals surface area contributed by atoms with Crippen LogP contribution in [0.2, 0.25) is 5.02 Å². The number of oxime groups is 1. The fourth-order valence-electron chi connectivity index (χ4n) is 1.83. The molecule has 1 aromatic carbocycles. The van der Waals surface area contributed by atoms with Crippen LogP contribution in [-0.2, 0) is 6.54 Å². The third-order valence-electron chi connectivity index (χ3n) is 3.37. The highest BCUT2D eigenvalue weighted by Gasteiger charge is 2.12. The van der Waals surface area contributed by atoms with Crippen LogP contribution >= 0.6 is 23.4 Å². The highest BCUT2D eigenvalue weighted by molar-refractivity contribution is 7.98. The van der Waals surface area contributed by atoms with E-state index >= 15 is 0 Å². The lowest BCUT2D eigenvalue weighted by molar-refractivity contribution is 0.245. The Morgan fingerprint density at radius 2 is 2.25 bits per heavy atom. The van der Waals surface area contributed by atoms with E-state index in [1.54, 1.807) is 6.07 Å². The van der Waals surface area contributed by atoms with Crippen LogP contribution in [0.15, 0.2) is 23.4 Å². The summed E-state index contributed by atoms with van der Waals surface area (Å²) < 4.78 is 0. The van der Waals surface area contributed by atoms with Crippen molar-refractivity contribution in [3.63, 3.8) is 0 Å². The minimum absolute atomic E-state index is 0.0696. The molecule has 0 radical (unpaired) electrons. The molecule has 1 rings (SSSR count). The van der Waals surface area contributed by atoms with Gasteiger partial charge in [-0.25, -0.2) is 0 Å². The summed E-state index contributed by atoms with van der Waals surface area (Å²) in [6, 6.07) is 5.97. The smallest absolute Gasteiger partial charge is 0.170 e. The van der Waals surface area contributed by atoms with Gasteiger partial charge in [0.2, 0.25) is 0 Å². The lowest BCUT2D eigenvalue weighted by Gasteiger charge is -2.25. The number of hydrogen-bond donors (Lipinski definition) is 2. The molecule has 1 unspecified atom stereocenters. The van der Waals surface area contributed by atoms with Crippen LogP contribution in [0.25, 0.3) is 0 Å². The first kappa shape index (κ1) is 17.1. The molecular weight excluding hydrogens is 294 g/mol. The first-order chi connectivity index (χ1) is 9.49. The summed E-state index contributed by atoms with van der Waals surface area (Å²) in [6.45, 7) is 3.00. The Hall–Kier alpha value is -0.910. The van der Waals surface area contributed by atoms with Gasteiger partial charge in [0.1, 0.15) is 0 Å². The molecule has 6 heteroatoms. The zero-order valence-electron chi connectivity index (χ0n) is 12.1. The van der Waals surface area contributed by atoms with Crippen LogP contribution in [-0.4, -0.2) is 41.0 Å². The third-order valence-corrected chi connectivity index (χ3v) is 4.36. The predicted octanol–water partition coefficient (Wildman–Crippen LogP) is 3.01. The molecule has 1 atom stereocenters. The summed E-state index contributed by atoms with van der Waals surface area (Å²) in [4.78, 5) is 2.28. The summed E-state index contributed by atoms with van der Waals surface area (Å²) in [6.07, 6.45) is 3.27. The molecule has 3 N–H and O–H groups in total. The van der Waals surface area contributed by atoms with Gasteiger partial charge in [0.15, 0.2) is 5.84 Å². The van der Waals surface area contributed by atoms with Crippen molar-refractivity contribution >= 4 is 29.2 Å². The maximum atomic E-state index is 8.66. The van der Waals surface area contributed by atoms with Crippen molar-refractivity contribution in [2.75, 3.05) is 19.1 Å². The Balaban J connectivity index is 2.73. The van der Waals surface area contributed by atoms with Crippen molar-refractivity contribution in [1.29, 1.82) is 0 Å². The molecule has 0 aliphatic carbocycles. The lowest BCUT2D eigenvalue weighted by atomic mass is 10.1. The predicted molar refractivity (Wildman–Crippen MR) is 87.9 cm³/mol. The van der Waals surface area contributed by atoms with E-state index in [1.165, 1.54) is 0 Å². The molecule has 20 heavy (non-hydrogen) atoms. The first-order valence-electron chi connectivity index (χ1n) is 6.45. The summed E-state index contributed by atoms with van der Waals surface area (Å²) in [5.41, 5.74) is 7.21. The summed E-state index contributed by atoms with van der Waals surface area (Å²) in [5.74, 6) is 1.22. The molecule has 0 aromatic heterocycles. The molecule has 4 nitrogen and oxygen atoms in total. The van der Waals surface area contributed by atoms with E-state index in [4.69, 9.17) is 22.5 Å². The van der Waals surface area contributed by atoms with E-state index in [1.807, 2.05) is 23.9 Å². The van der Waals surface area contributed by atoms with E-state index in [0.29, 0.717) is 16.6 Å². The average molecular weight is 316 g/mol. The van der Waals surface area contributed by atoms with Crippen molar-refractivity contribution in [3.8, 4) is 0 Å². The molecule has 0 aliphatic rings. The lowest BCUT2D eigenvalue weighted by Crippen LogP contribution is -2.29. The van der Waals surface area contributed by atoms with Crippen LogP contribution in [0.1, 0.15) is 24.5 Å². The number of nitrogens with two attached hydrogens (primary N) is 1. The molecule has 0 fully saturated rings. The molecule has 0 spiro atoms. The molecule has 0 bridgehead atoms. The average Bonchev–Trinajstić information content (AvgIpc) is 2.45. The largest absolute Gasteiger partial charge is 0.409 e. The van der Waals surface area contributed by atoms with Crippen LogP contribution in [0.4, 0.5) is 0 Å². The van der Waals surface area contributed by atoms with E-state index in [0.717, 1.165) is 24.3 Å². The Morgan fingerprint density at radius 3 is 2.80 bits per heavy atom. The maximum Gasteiger partial charge on any atom is 0.170 e. The van der Waals surface area contributed by atoms with Crippen LogP contribution < -0.4 is 5.73 Å². The Labute approximate surface area is 130 Å². The van der Waals surface area contributed by atoms with Crippen LogP contribution in [0.5, 0.6) is 0 Å². The van der Waals surface area contributed by atoms with E-state index in [-0.39, 0.29) is 5.84 Å². The molecular formula is C14H22ClN3OS. The van der Waals surface area contributed by atoms with Gasteiger partial charge >= 0.3 is 0 Å². The molecule has 0 saturated heterocycles. The highest BCUT2D eigenvalue weighted by Crippen LogP contribution is 2.20. The standard InChI is InChI=1S/C14H22ClN3OS/c1-10(6-7-20-3)18(2)9-12-5-4-11(8-13(12)15)14(16)17-19/h4-5,8,10,19H,6-7,9H2,1-3H3,(H2,16,17). The number of amidine groups is 1. The van der Waals surface area contributed by atoms with Gasteiger partial charge in [-0.2, -0.15) is 11.8 Å². The number of nitrogens with zero attached hydrogens (tertiary/aromatic N) is 2. The van der Waals surface area contributed by atoms with Crippen LogP contribution in [0.3, 0.4) is 0 Å². The van der Waals surface area contributed by atoms with Gasteiger partial charge in [-0.15, -0.1) is 0 Å². The molecule has 0 heterocycles. The minimum atomic E-state index is 0.0696. The second-order valence-electron chi connectivity index (χ2n) is 4.84. The quantitative estimate of drug-likeness (QED) is 0.351. The second kappa shape index (κ2) is 8.39. The molecule has 1 aromatic rings. The summed E-state index contributed by atoms with van der Waals surface area (Å²) >= 11 is 8.12. The van der Waals surface area contributed by atoms with E-state index in [9.17, 15) is 0 Å². The van der Waals surface area contributed by atoms with Gasteiger partial charge in [0, 0.05) is 23.2 Å². The minimum Gasteiger partial charge on any atom is -0.409 e. The summed E-state index contributed by atoms with van der Waals surface area (Å²) in [7, 11) is 2.10. The Bertz CT molecular complexity index is 468. The van der Waals surface area contributed by atoms with Gasteiger partial charge in [0.25, 0.3) is 0 Å². The normalized spacial score (nSPS) is 13.8. The Kier molecular flexibility index (Phi) is 7.19. The van der Waals surface area contributed by atoms with Gasteiger partial charge in [0.05, 0.1) is 0 Å². The fraction of sp³-hybridized carbons (Fsp3) is 0.500. The number of halogens is 1. The fourth-order valence-corrected chi connectivity index (χ4v) is 2.64. The monoisotopic (exact) mass is 315 g/mol. The van der Waals surface area contributed by atoms with Crippen molar-refractivity contribution in [2.24, 2.45) is 10.9 Å². The molecule has 0 amide bonds. The molecule has 0 saturated carbocycles. The Morgan fingerprint density at radius 1 is 1.55 bits per heavy atom. The molecule has 112 valence electrons. The second-order valence-corrected chi connectivity index (χ2v) is 6.23. The number of rotatable bonds is 7. The SMILES string of the molecule is CSCCC(C)N(C)Cc1ccc(/C(N)=N/O)cc1Cl. The van der Waals surface area contributed by atoms with E-state index < -0.39 is 0 Å². The van der Waals surface area contributed by atoms with Gasteiger partial charge in [-0.1, -0.05) is 28.9 Å². The first-order valence-corrected chi connectivity index (χ1v) is 8.22. The number of hydrogen-bond acceptors (Lipinski definition) is 4. The number of benzene rings is 1. The van der Waals surface area contributed by atoms with Crippen LogP contribution in [0, 0.1) is 0 Å². The van der Waals surface area contributed by atoms with Crippen molar-refractivity contribution in [3.05, 3.63) is 34.3 Å². The summed E-state index contributed by atoms with van der Waals surface area (Å²) in [5, 5.41) is 12.3. The van der Waals surface area contributed by atoms with Crippen molar-refractivity contribution in [2.45, 2.75) is 25.9 Å². The topological polar surface area (TPSA) is 61.8 Å².